The van der Waals surface area contributed by atoms with Gasteiger partial charge in [0, 0.05) is 18.1 Å². The molecule has 108 valence electrons. The van der Waals surface area contributed by atoms with Crippen molar-refractivity contribution in [3.63, 3.8) is 0 Å². The van der Waals surface area contributed by atoms with Crippen molar-refractivity contribution in [3.8, 4) is 0 Å². The van der Waals surface area contributed by atoms with E-state index < -0.39 is 0 Å². The van der Waals surface area contributed by atoms with Crippen LogP contribution in [0.5, 0.6) is 0 Å². The van der Waals surface area contributed by atoms with Gasteiger partial charge in [-0.3, -0.25) is 9.67 Å². The van der Waals surface area contributed by atoms with Crippen LogP contribution in [0, 0.1) is 0 Å². The first-order valence-electron chi connectivity index (χ1n) is 7.02. The van der Waals surface area contributed by atoms with Gasteiger partial charge in [-0.05, 0) is 33.8 Å². The highest BCUT2D eigenvalue weighted by Crippen LogP contribution is 2.29. The van der Waals surface area contributed by atoms with Gasteiger partial charge in [0.05, 0.1) is 28.1 Å². The Morgan fingerprint density at radius 1 is 1.29 bits per heavy atom. The zero-order chi connectivity index (χ0) is 14.8. The third kappa shape index (κ3) is 2.59. The Bertz CT molecular complexity index is 761. The van der Waals surface area contributed by atoms with Gasteiger partial charge in [0.15, 0.2) is 0 Å². The van der Waals surface area contributed by atoms with Crippen LogP contribution in [0.4, 0.5) is 0 Å². The van der Waals surface area contributed by atoms with Gasteiger partial charge in [0.25, 0.3) is 0 Å². The predicted molar refractivity (Wildman–Crippen MR) is 88.0 cm³/mol. The van der Waals surface area contributed by atoms with Crippen molar-refractivity contribution in [2.45, 2.75) is 25.9 Å². The molecule has 3 aromatic rings. The monoisotopic (exact) mass is 344 g/mol. The lowest BCUT2D eigenvalue weighted by atomic mass is 10.0. The molecule has 3 rings (SSSR count). The standard InChI is InChI=1S/C16H17BrN4/c1-2-9-21-16(13(17)10-20-21)14(18)15-12-6-4-3-5-11(12)7-8-19-15/h3-8,10,14H,2,9,18H2,1H3. The molecule has 0 spiro atoms. The molecule has 2 heterocycles. The maximum atomic E-state index is 6.51. The molecule has 0 amide bonds. The number of pyridine rings is 1. The second-order valence-electron chi connectivity index (χ2n) is 5.00. The van der Waals surface area contributed by atoms with Crippen molar-refractivity contribution in [1.29, 1.82) is 0 Å². The van der Waals surface area contributed by atoms with E-state index in [1.54, 1.807) is 6.20 Å². The number of rotatable bonds is 4. The average Bonchev–Trinajstić information content (AvgIpc) is 2.87. The zero-order valence-corrected chi connectivity index (χ0v) is 13.4. The SMILES string of the molecule is CCCn1ncc(Br)c1C(N)c1nccc2ccccc12. The molecule has 1 aromatic carbocycles. The molecule has 0 aliphatic carbocycles. The maximum Gasteiger partial charge on any atom is 0.0914 e. The second kappa shape index (κ2) is 5.95. The highest BCUT2D eigenvalue weighted by molar-refractivity contribution is 9.10. The Hall–Kier alpha value is -1.72. The van der Waals surface area contributed by atoms with E-state index in [-0.39, 0.29) is 6.04 Å². The lowest BCUT2D eigenvalue weighted by Gasteiger charge is -2.16. The van der Waals surface area contributed by atoms with E-state index in [0.29, 0.717) is 0 Å². The molecule has 0 aliphatic rings. The van der Waals surface area contributed by atoms with E-state index in [1.807, 2.05) is 29.1 Å². The van der Waals surface area contributed by atoms with Crippen LogP contribution >= 0.6 is 15.9 Å². The Morgan fingerprint density at radius 2 is 2.10 bits per heavy atom. The Labute approximate surface area is 132 Å². The molecule has 2 N–H and O–H groups in total. The number of aromatic nitrogens is 3. The van der Waals surface area contributed by atoms with Gasteiger partial charge >= 0.3 is 0 Å². The van der Waals surface area contributed by atoms with E-state index in [0.717, 1.165) is 39.6 Å². The van der Waals surface area contributed by atoms with Crippen LogP contribution in [0.15, 0.2) is 47.2 Å². The molecule has 1 unspecified atom stereocenters. The first-order chi connectivity index (χ1) is 10.2. The molecule has 1 atom stereocenters. The largest absolute Gasteiger partial charge is 0.318 e. The molecule has 5 heteroatoms. The Balaban J connectivity index is 2.13. The number of benzene rings is 1. The van der Waals surface area contributed by atoms with Crippen molar-refractivity contribution in [2.24, 2.45) is 5.73 Å². The smallest absolute Gasteiger partial charge is 0.0914 e. The van der Waals surface area contributed by atoms with E-state index >= 15 is 0 Å². The van der Waals surface area contributed by atoms with Crippen LogP contribution in [-0.4, -0.2) is 14.8 Å². The molecule has 4 nitrogen and oxygen atoms in total. The zero-order valence-electron chi connectivity index (χ0n) is 11.8. The quantitative estimate of drug-likeness (QED) is 0.785. The van der Waals surface area contributed by atoms with Crippen molar-refractivity contribution < 1.29 is 0 Å². The first kappa shape index (κ1) is 14.2. The van der Waals surface area contributed by atoms with Crippen molar-refractivity contribution in [1.82, 2.24) is 14.8 Å². The maximum absolute atomic E-state index is 6.51. The normalized spacial score (nSPS) is 12.7. The number of fused-ring (bicyclic) bond motifs is 1. The Kier molecular flexibility index (Phi) is 4.03. The summed E-state index contributed by atoms with van der Waals surface area (Å²) in [4.78, 5) is 4.52. The summed E-state index contributed by atoms with van der Waals surface area (Å²) in [5.74, 6) is 0. The summed E-state index contributed by atoms with van der Waals surface area (Å²) in [6.45, 7) is 2.97. The molecule has 0 fully saturated rings. The topological polar surface area (TPSA) is 56.7 Å². The average molecular weight is 345 g/mol. The van der Waals surface area contributed by atoms with E-state index in [4.69, 9.17) is 5.73 Å². The van der Waals surface area contributed by atoms with Gasteiger partial charge in [0.1, 0.15) is 0 Å². The second-order valence-corrected chi connectivity index (χ2v) is 5.85. The molecule has 0 bridgehead atoms. The molecular weight excluding hydrogens is 328 g/mol. The van der Waals surface area contributed by atoms with Gasteiger partial charge in [-0.2, -0.15) is 5.10 Å². The van der Waals surface area contributed by atoms with E-state index in [2.05, 4.69) is 45.1 Å². The summed E-state index contributed by atoms with van der Waals surface area (Å²) in [5.41, 5.74) is 8.36. The summed E-state index contributed by atoms with van der Waals surface area (Å²) in [7, 11) is 0. The van der Waals surface area contributed by atoms with Gasteiger partial charge < -0.3 is 5.73 Å². The summed E-state index contributed by atoms with van der Waals surface area (Å²) in [5, 5.41) is 6.63. The molecule has 0 aliphatic heterocycles. The number of hydrogen-bond donors (Lipinski definition) is 1. The number of nitrogens with two attached hydrogens (primary N) is 1. The van der Waals surface area contributed by atoms with E-state index in [9.17, 15) is 0 Å². The van der Waals surface area contributed by atoms with E-state index in [1.165, 1.54) is 0 Å². The summed E-state index contributed by atoms with van der Waals surface area (Å²) in [6, 6.07) is 9.87. The first-order valence-corrected chi connectivity index (χ1v) is 7.82. The minimum Gasteiger partial charge on any atom is -0.318 e. The van der Waals surface area contributed by atoms with Crippen LogP contribution in [0.1, 0.15) is 30.8 Å². The van der Waals surface area contributed by atoms with Gasteiger partial charge in [0.2, 0.25) is 0 Å². The fraction of sp³-hybridized carbons (Fsp3) is 0.250. The van der Waals surface area contributed by atoms with Gasteiger partial charge in [-0.25, -0.2) is 0 Å². The molecular formula is C16H17BrN4. The third-order valence-corrected chi connectivity index (χ3v) is 4.17. The van der Waals surface area contributed by atoms with Crippen LogP contribution in [-0.2, 0) is 6.54 Å². The molecule has 0 saturated heterocycles. The van der Waals surface area contributed by atoms with Crippen LogP contribution in [0.25, 0.3) is 10.8 Å². The number of aryl methyl sites for hydroxylation is 1. The highest BCUT2D eigenvalue weighted by atomic mass is 79.9. The van der Waals surface area contributed by atoms with Gasteiger partial charge in [-0.15, -0.1) is 0 Å². The molecule has 0 saturated carbocycles. The minimum absolute atomic E-state index is 0.306. The van der Waals surface area contributed by atoms with Crippen LogP contribution in [0.3, 0.4) is 0 Å². The Morgan fingerprint density at radius 3 is 2.90 bits per heavy atom. The molecule has 2 aromatic heterocycles. The lowest BCUT2D eigenvalue weighted by Crippen LogP contribution is -2.19. The van der Waals surface area contributed by atoms with Crippen molar-refractivity contribution in [3.05, 3.63) is 58.6 Å². The van der Waals surface area contributed by atoms with Crippen molar-refractivity contribution in [2.75, 3.05) is 0 Å². The van der Waals surface area contributed by atoms with Crippen LogP contribution in [0.2, 0.25) is 0 Å². The number of halogens is 1. The summed E-state index contributed by atoms with van der Waals surface area (Å²) in [6.07, 6.45) is 4.62. The minimum atomic E-state index is -0.306. The molecule has 21 heavy (non-hydrogen) atoms. The summed E-state index contributed by atoms with van der Waals surface area (Å²) < 4.78 is 2.89. The summed E-state index contributed by atoms with van der Waals surface area (Å²) >= 11 is 3.56. The number of hydrogen-bond acceptors (Lipinski definition) is 3. The van der Waals surface area contributed by atoms with Gasteiger partial charge in [-0.1, -0.05) is 31.2 Å². The third-order valence-electron chi connectivity index (χ3n) is 3.56. The predicted octanol–water partition coefficient (Wildman–Crippen LogP) is 3.65. The fourth-order valence-corrected chi connectivity index (χ4v) is 3.13. The highest BCUT2D eigenvalue weighted by Gasteiger charge is 2.20. The lowest BCUT2D eigenvalue weighted by molar-refractivity contribution is 0.557. The molecule has 0 radical (unpaired) electrons. The van der Waals surface area contributed by atoms with Crippen LogP contribution < -0.4 is 5.73 Å². The van der Waals surface area contributed by atoms with Crippen molar-refractivity contribution >= 4 is 26.7 Å². The fourth-order valence-electron chi connectivity index (χ4n) is 2.59. The number of nitrogens with zero attached hydrogens (tertiary/aromatic N) is 3.